The van der Waals surface area contributed by atoms with Crippen LogP contribution in [0.4, 0.5) is 5.69 Å². The highest BCUT2D eigenvalue weighted by atomic mass is 32.2. The minimum absolute atomic E-state index is 0.102. The molecule has 17 heteroatoms. The lowest BCUT2D eigenvalue weighted by Crippen LogP contribution is -2.71. The monoisotopic (exact) mass is 533 g/mol. The smallest absolute Gasteiger partial charge is 0.352 e. The van der Waals surface area contributed by atoms with Crippen LogP contribution in [-0.2, 0) is 31.1 Å². The minimum Gasteiger partial charge on any atom is -0.477 e. The van der Waals surface area contributed by atoms with Crippen molar-refractivity contribution < 1.29 is 29.1 Å². The standard InChI is InChI=1S/C19H19N9O6S2/c1-27-19(23-25-26-27)36-7-9-6-35-17-13(16(31)28(17)14(9)18(32)33)22-15(30)12(24-34-2)11-5-10(21-8-29)3-4-20-11/h3-5,8,13,17H,6-7H2,1-2H3,(H,22,30)(H,32,33)(H,20,21,29)/t13?,17-/m1/s1. The molecule has 4 rings (SSSR count). The number of aromatic nitrogens is 5. The van der Waals surface area contributed by atoms with Crippen LogP contribution < -0.4 is 10.6 Å². The zero-order valence-corrected chi connectivity index (χ0v) is 20.4. The van der Waals surface area contributed by atoms with Gasteiger partial charge in [-0.2, -0.15) is 0 Å². The number of carboxylic acid groups (broad SMARTS) is 1. The van der Waals surface area contributed by atoms with Crippen molar-refractivity contribution in [2.75, 3.05) is 23.9 Å². The molecule has 2 aromatic rings. The first-order chi connectivity index (χ1) is 17.3. The van der Waals surface area contributed by atoms with Crippen LogP contribution in [0.1, 0.15) is 5.69 Å². The number of pyridine rings is 1. The molecule has 15 nitrogen and oxygen atoms in total. The number of hydrogen-bond donors (Lipinski definition) is 3. The first kappa shape index (κ1) is 25.1. The van der Waals surface area contributed by atoms with Gasteiger partial charge in [-0.15, -0.1) is 16.9 Å². The average molecular weight is 534 g/mol. The summed E-state index contributed by atoms with van der Waals surface area (Å²) in [7, 11) is 2.91. The molecule has 1 fully saturated rings. The van der Waals surface area contributed by atoms with E-state index in [-0.39, 0.29) is 22.9 Å². The molecule has 188 valence electrons. The third-order valence-electron chi connectivity index (χ3n) is 5.12. The van der Waals surface area contributed by atoms with Crippen LogP contribution in [0.25, 0.3) is 0 Å². The molecule has 1 saturated heterocycles. The van der Waals surface area contributed by atoms with E-state index in [0.29, 0.717) is 28.6 Å². The van der Waals surface area contributed by atoms with Gasteiger partial charge in [0.05, 0.1) is 5.69 Å². The maximum Gasteiger partial charge on any atom is 0.352 e. The number of aliphatic carboxylic acids is 1. The fourth-order valence-electron chi connectivity index (χ4n) is 3.51. The number of hydrogen-bond acceptors (Lipinski definition) is 12. The maximum absolute atomic E-state index is 13.0. The fourth-order valence-corrected chi connectivity index (χ4v) is 5.85. The van der Waals surface area contributed by atoms with Gasteiger partial charge < -0.3 is 20.6 Å². The number of rotatable bonds is 10. The van der Waals surface area contributed by atoms with E-state index in [1.807, 2.05) is 0 Å². The highest BCUT2D eigenvalue weighted by molar-refractivity contribution is 8.01. The largest absolute Gasteiger partial charge is 0.477 e. The summed E-state index contributed by atoms with van der Waals surface area (Å²) in [5, 5.41) is 29.6. The van der Waals surface area contributed by atoms with Gasteiger partial charge in [0.1, 0.15) is 24.2 Å². The molecular formula is C19H19N9O6S2. The van der Waals surface area contributed by atoms with Gasteiger partial charge in [-0.05, 0) is 28.1 Å². The maximum atomic E-state index is 13.0. The van der Waals surface area contributed by atoms with Gasteiger partial charge in [-0.1, -0.05) is 16.9 Å². The number of aryl methyl sites for hydroxylation is 1. The van der Waals surface area contributed by atoms with Gasteiger partial charge >= 0.3 is 5.97 Å². The Morgan fingerprint density at radius 2 is 2.25 bits per heavy atom. The second kappa shape index (κ2) is 10.7. The Labute approximate surface area is 211 Å². The molecular weight excluding hydrogens is 514 g/mol. The van der Waals surface area contributed by atoms with Crippen molar-refractivity contribution in [3.63, 3.8) is 0 Å². The average Bonchev–Trinajstić information content (AvgIpc) is 3.28. The predicted octanol–water partition coefficient (Wildman–Crippen LogP) is -0.945. The molecule has 3 N–H and O–H groups in total. The molecule has 2 aliphatic heterocycles. The second-order valence-electron chi connectivity index (χ2n) is 7.31. The number of β-lactam (4-membered cyclic amide) rings is 1. The first-order valence-electron chi connectivity index (χ1n) is 10.2. The van der Waals surface area contributed by atoms with E-state index in [1.54, 1.807) is 7.05 Å². The molecule has 3 amide bonds. The molecule has 0 spiro atoms. The van der Waals surface area contributed by atoms with Crippen molar-refractivity contribution >= 4 is 59.1 Å². The third-order valence-corrected chi connectivity index (χ3v) is 7.56. The summed E-state index contributed by atoms with van der Waals surface area (Å²) < 4.78 is 1.46. The summed E-state index contributed by atoms with van der Waals surface area (Å²) in [5.74, 6) is -1.95. The van der Waals surface area contributed by atoms with Gasteiger partial charge in [0.15, 0.2) is 5.71 Å². The fraction of sp³-hybridized carbons (Fsp3) is 0.316. The normalized spacial score (nSPS) is 19.3. The Balaban J connectivity index is 1.50. The summed E-state index contributed by atoms with van der Waals surface area (Å²) in [6.45, 7) is 0. The molecule has 2 aliphatic rings. The molecule has 0 bridgehead atoms. The number of fused-ring (bicyclic) bond motifs is 1. The lowest BCUT2D eigenvalue weighted by Gasteiger charge is -2.49. The molecule has 0 saturated carbocycles. The molecule has 36 heavy (non-hydrogen) atoms. The second-order valence-corrected chi connectivity index (χ2v) is 9.35. The van der Waals surface area contributed by atoms with Crippen LogP contribution in [-0.4, -0.2) is 95.1 Å². The predicted molar refractivity (Wildman–Crippen MR) is 127 cm³/mol. The first-order valence-corrected chi connectivity index (χ1v) is 12.2. The number of carbonyl (C=O) groups excluding carboxylic acids is 3. The van der Waals surface area contributed by atoms with Crippen molar-refractivity contribution in [2.45, 2.75) is 16.6 Å². The van der Waals surface area contributed by atoms with Crippen molar-refractivity contribution in [3.05, 3.63) is 35.3 Å². The van der Waals surface area contributed by atoms with E-state index < -0.39 is 29.2 Å². The van der Waals surface area contributed by atoms with E-state index >= 15 is 0 Å². The number of anilines is 1. The number of tetrazole rings is 1. The van der Waals surface area contributed by atoms with Crippen molar-refractivity contribution in [1.29, 1.82) is 0 Å². The number of nitrogens with one attached hydrogen (secondary N) is 2. The summed E-state index contributed by atoms with van der Waals surface area (Å²) in [4.78, 5) is 58.7. The summed E-state index contributed by atoms with van der Waals surface area (Å²) >= 11 is 2.58. The summed E-state index contributed by atoms with van der Waals surface area (Å²) in [6, 6.07) is 1.95. The van der Waals surface area contributed by atoms with Crippen LogP contribution in [0.15, 0.2) is 39.9 Å². The highest BCUT2D eigenvalue weighted by Crippen LogP contribution is 2.41. The number of carboxylic acids is 1. The summed E-state index contributed by atoms with van der Waals surface area (Å²) in [6.07, 6.45) is 1.84. The van der Waals surface area contributed by atoms with E-state index in [4.69, 9.17) is 4.84 Å². The number of carbonyl (C=O) groups is 4. The van der Waals surface area contributed by atoms with Crippen molar-refractivity contribution in [1.82, 2.24) is 35.4 Å². The number of thioether (sulfide) groups is 2. The van der Waals surface area contributed by atoms with Crippen molar-refractivity contribution in [2.24, 2.45) is 12.2 Å². The van der Waals surface area contributed by atoms with E-state index in [9.17, 15) is 24.3 Å². The molecule has 1 unspecified atom stereocenters. The lowest BCUT2D eigenvalue weighted by atomic mass is 10.0. The summed E-state index contributed by atoms with van der Waals surface area (Å²) in [5.41, 5.74) is 0.684. The van der Waals surface area contributed by atoms with Gasteiger partial charge in [0.2, 0.25) is 11.6 Å². The van der Waals surface area contributed by atoms with Crippen LogP contribution in [0.3, 0.4) is 0 Å². The highest BCUT2D eigenvalue weighted by Gasteiger charge is 2.54. The van der Waals surface area contributed by atoms with Gasteiger partial charge in [-0.3, -0.25) is 24.3 Å². The van der Waals surface area contributed by atoms with E-state index in [0.717, 1.165) is 0 Å². The quantitative estimate of drug-likeness (QED) is 0.112. The Hall–Kier alpha value is -3.99. The van der Waals surface area contributed by atoms with Crippen LogP contribution in [0.5, 0.6) is 0 Å². The molecule has 2 aromatic heterocycles. The van der Waals surface area contributed by atoms with Gasteiger partial charge in [-0.25, -0.2) is 9.48 Å². The zero-order chi connectivity index (χ0) is 25.8. The van der Waals surface area contributed by atoms with Crippen LogP contribution in [0.2, 0.25) is 0 Å². The van der Waals surface area contributed by atoms with E-state index in [1.165, 1.54) is 58.5 Å². The number of oxime groups is 1. The Kier molecular flexibility index (Phi) is 7.49. The van der Waals surface area contributed by atoms with Crippen LogP contribution >= 0.6 is 23.5 Å². The topological polar surface area (TPSA) is 194 Å². The minimum atomic E-state index is -1.24. The van der Waals surface area contributed by atoms with Gasteiger partial charge in [0.25, 0.3) is 11.8 Å². The SMILES string of the molecule is CON=C(C(=O)NC1C(=O)N2C(C(=O)O)=C(CSc3nnnn3C)CS[C@H]12)c1cc(NC=O)ccn1. The number of amides is 3. The third kappa shape index (κ3) is 4.87. The molecule has 0 radical (unpaired) electrons. The zero-order valence-electron chi connectivity index (χ0n) is 18.8. The Morgan fingerprint density at radius 1 is 1.44 bits per heavy atom. The van der Waals surface area contributed by atoms with Crippen molar-refractivity contribution in [3.8, 4) is 0 Å². The Morgan fingerprint density at radius 3 is 2.92 bits per heavy atom. The number of nitrogens with zero attached hydrogens (tertiary/aromatic N) is 7. The van der Waals surface area contributed by atoms with Crippen LogP contribution in [0, 0.1) is 0 Å². The molecule has 2 atom stereocenters. The van der Waals surface area contributed by atoms with Gasteiger partial charge in [0, 0.05) is 30.4 Å². The Bertz CT molecular complexity index is 1280. The molecule has 4 heterocycles. The lowest BCUT2D eigenvalue weighted by molar-refractivity contribution is -0.150. The van der Waals surface area contributed by atoms with E-state index in [2.05, 4.69) is 36.3 Å². The molecule has 0 aromatic carbocycles. The molecule has 0 aliphatic carbocycles.